The molecule has 10 heteroatoms. The van der Waals surface area contributed by atoms with Crippen molar-refractivity contribution >= 4 is 11.3 Å². The third-order valence-corrected chi connectivity index (χ3v) is 11.2. The van der Waals surface area contributed by atoms with Gasteiger partial charge in [-0.15, -0.1) is 5.56 Å². The van der Waals surface area contributed by atoms with Crippen molar-refractivity contribution in [2.24, 2.45) is 5.92 Å². The van der Waals surface area contributed by atoms with Crippen LogP contribution in [0.5, 0.6) is 0 Å². The number of hydrogen-bond donors (Lipinski definition) is 0. The molecule has 0 heterocycles. The second-order valence-electron chi connectivity index (χ2n) is 12.3. The van der Waals surface area contributed by atoms with E-state index in [9.17, 15) is 26.3 Å². The summed E-state index contributed by atoms with van der Waals surface area (Å²) >= 11 is 0.729. The molecule has 0 amide bonds. The number of fused-ring (bicyclic) bond motifs is 3. The van der Waals surface area contributed by atoms with Crippen LogP contribution < -0.4 is 24.8 Å². The van der Waals surface area contributed by atoms with Gasteiger partial charge in [0.25, 0.3) is 0 Å². The maximum absolute atomic E-state index is 12.7. The maximum Gasteiger partial charge on any atom is -0.0253 e. The molecule has 0 bridgehead atoms. The molecule has 2 aliphatic carbocycles. The molecular formula is C38H34Cl2F6SiZr-2. The maximum atomic E-state index is 12.7. The first kappa shape index (κ1) is 41.7. The van der Waals surface area contributed by atoms with Crippen LogP contribution in [0.3, 0.4) is 0 Å². The van der Waals surface area contributed by atoms with E-state index in [1.165, 1.54) is 52.1 Å². The zero-order chi connectivity index (χ0) is 33.9. The van der Waals surface area contributed by atoms with Gasteiger partial charge in [-0.25, -0.2) is 10.8 Å². The van der Waals surface area contributed by atoms with Crippen LogP contribution in [0.4, 0.5) is 26.3 Å². The summed E-state index contributed by atoms with van der Waals surface area (Å²) in [7, 11) is -1.07. The van der Waals surface area contributed by atoms with Crippen LogP contribution >= 0.6 is 0 Å². The van der Waals surface area contributed by atoms with Crippen LogP contribution in [0.1, 0.15) is 47.2 Å². The van der Waals surface area contributed by atoms with Gasteiger partial charge in [-0.3, -0.25) is 6.08 Å². The van der Waals surface area contributed by atoms with Crippen molar-refractivity contribution in [2.45, 2.75) is 52.3 Å². The number of halogens is 8. The molecule has 252 valence electrons. The van der Waals surface area contributed by atoms with Gasteiger partial charge >= 0.3 is 137 Å². The summed E-state index contributed by atoms with van der Waals surface area (Å²) in [6.07, 6.45) is -2.12. The van der Waals surface area contributed by atoms with E-state index >= 15 is 0 Å². The molecule has 4 aromatic carbocycles. The molecule has 1 unspecified atom stereocenters. The third kappa shape index (κ3) is 10.7. The minimum Gasteiger partial charge on any atom is -1.00 e. The van der Waals surface area contributed by atoms with Crippen molar-refractivity contribution in [3.63, 3.8) is 0 Å². The molecule has 6 rings (SSSR count). The summed E-state index contributed by atoms with van der Waals surface area (Å²) in [6, 6.07) is 27.3. The Hall–Kier alpha value is -2.51. The van der Waals surface area contributed by atoms with Gasteiger partial charge in [-0.1, -0.05) is 74.8 Å². The number of alkyl halides is 6. The fourth-order valence-corrected chi connectivity index (χ4v) is 8.23. The zero-order valence-electron chi connectivity index (χ0n) is 27.0. The molecule has 0 N–H and O–H groups in total. The number of hydrogen-bond acceptors (Lipinski definition) is 0. The predicted molar refractivity (Wildman–Crippen MR) is 173 cm³/mol. The topological polar surface area (TPSA) is 0 Å². The number of benzene rings is 4. The Labute approximate surface area is 307 Å². The average Bonchev–Trinajstić information content (AvgIpc) is 3.55. The van der Waals surface area contributed by atoms with Gasteiger partial charge in [0.05, 0.1) is 0 Å². The van der Waals surface area contributed by atoms with E-state index in [-0.39, 0.29) is 35.9 Å². The molecule has 4 aromatic rings. The first-order valence-electron chi connectivity index (χ1n) is 14.8. The van der Waals surface area contributed by atoms with Crippen molar-refractivity contribution in [3.05, 3.63) is 153 Å². The monoisotopic (exact) mass is 792 g/mol. The van der Waals surface area contributed by atoms with Crippen molar-refractivity contribution in [2.75, 3.05) is 0 Å². The SMILES string of the molecule is CC1=[C-]C(C)C=C1[Si](C)(C)C.FC(F)(F)c1cccc([C](=[Zr+2])c2cccc(C(F)(F)F)c2)c1.[Cl-].[Cl-].[c-]1cccc2c1Cc1ccccc1-2. The Kier molecular flexibility index (Phi) is 14.7. The van der Waals surface area contributed by atoms with Gasteiger partial charge in [0, 0.05) is 0 Å². The zero-order valence-corrected chi connectivity index (χ0v) is 32.0. The minimum atomic E-state index is -4.49. The van der Waals surface area contributed by atoms with Crippen molar-refractivity contribution < 1.29 is 75.4 Å². The van der Waals surface area contributed by atoms with Crippen molar-refractivity contribution in [1.29, 1.82) is 0 Å². The van der Waals surface area contributed by atoms with Crippen LogP contribution in [-0.2, 0) is 43.0 Å². The third-order valence-electron chi connectivity index (χ3n) is 7.65. The van der Waals surface area contributed by atoms with E-state index in [4.69, 9.17) is 0 Å². The molecule has 0 saturated heterocycles. The Morgan fingerprint density at radius 2 is 1.27 bits per heavy atom. The first-order chi connectivity index (χ1) is 21.4. The van der Waals surface area contributed by atoms with Gasteiger partial charge in [0.15, 0.2) is 0 Å². The van der Waals surface area contributed by atoms with Gasteiger partial charge < -0.3 is 24.8 Å². The summed E-state index contributed by atoms with van der Waals surface area (Å²) < 4.78 is 76.7. The second-order valence-corrected chi connectivity index (χ2v) is 18.6. The van der Waals surface area contributed by atoms with Crippen LogP contribution in [0.25, 0.3) is 11.1 Å². The fourth-order valence-electron chi connectivity index (χ4n) is 5.51. The van der Waals surface area contributed by atoms with E-state index in [0.717, 1.165) is 54.9 Å². The molecule has 0 nitrogen and oxygen atoms in total. The van der Waals surface area contributed by atoms with E-state index in [1.807, 2.05) is 6.07 Å². The number of rotatable bonds is 3. The predicted octanol–water partition coefficient (Wildman–Crippen LogP) is 5.10. The molecule has 1 atom stereocenters. The normalized spacial score (nSPS) is 14.7. The van der Waals surface area contributed by atoms with Crippen LogP contribution in [-0.4, -0.2) is 11.3 Å². The molecule has 0 saturated carbocycles. The molecule has 2 aliphatic rings. The summed E-state index contributed by atoms with van der Waals surface area (Å²) in [5.41, 5.74) is 5.81. The Morgan fingerprint density at radius 3 is 1.73 bits per heavy atom. The largest absolute Gasteiger partial charge is 1.00 e. The smallest absolute Gasteiger partial charge is 0.0253 e. The fraction of sp³-hybridized carbons (Fsp3) is 0.237. The molecule has 0 fully saturated rings. The second kappa shape index (κ2) is 16.9. The molecule has 0 aliphatic heterocycles. The Morgan fingerprint density at radius 1 is 0.750 bits per heavy atom. The van der Waals surface area contributed by atoms with Crippen LogP contribution in [0.2, 0.25) is 19.6 Å². The van der Waals surface area contributed by atoms with Gasteiger partial charge in [0.2, 0.25) is 0 Å². The summed E-state index contributed by atoms with van der Waals surface area (Å²) in [5, 5.41) is 1.60. The first-order valence-corrected chi connectivity index (χ1v) is 19.5. The Balaban J connectivity index is 0.000000263. The van der Waals surface area contributed by atoms with E-state index in [0.29, 0.717) is 9.12 Å². The molecule has 0 radical (unpaired) electrons. The molecule has 0 spiro atoms. The van der Waals surface area contributed by atoms with Gasteiger partial charge in [-0.05, 0) is 14.5 Å². The van der Waals surface area contributed by atoms with Gasteiger partial charge in [0.1, 0.15) is 0 Å². The molecule has 0 aromatic heterocycles. The van der Waals surface area contributed by atoms with E-state index in [2.05, 4.69) is 88.1 Å². The average molecular weight is 795 g/mol. The Bertz CT molecular complexity index is 1680. The summed E-state index contributed by atoms with van der Waals surface area (Å²) in [6.45, 7) is 11.6. The quantitative estimate of drug-likeness (QED) is 0.136. The van der Waals surface area contributed by atoms with Crippen molar-refractivity contribution in [3.8, 4) is 11.1 Å². The van der Waals surface area contributed by atoms with Crippen LogP contribution in [0.15, 0.2) is 108 Å². The number of allylic oxidation sites excluding steroid dienone is 4. The summed E-state index contributed by atoms with van der Waals surface area (Å²) in [5.74, 6) is 0.553. The standard InChI is InChI=1S/C15H8F6.C13H9.C10H17Si.2ClH.Zr/c16-14(17,18)12-5-1-3-10(8-12)7-11-4-2-6-13(9-11)15(19,20)21;1-3-7-12-10(5-1)9-11-6-2-4-8-13(11)12;1-8-6-9(2)10(7-8)11(3,4)5;;;/h1-6,8-9H;1-5,7-8H,9H2;7-8H,1-5H3;2*1H;/q;2*-1;;;+2/p-2. The van der Waals surface area contributed by atoms with Crippen LogP contribution in [0, 0.1) is 18.1 Å². The van der Waals surface area contributed by atoms with E-state index < -0.39 is 31.6 Å². The van der Waals surface area contributed by atoms with Crippen molar-refractivity contribution in [1.82, 2.24) is 0 Å². The minimum absolute atomic E-state index is 0. The molecular weight excluding hydrogens is 761 g/mol. The molecule has 48 heavy (non-hydrogen) atoms. The van der Waals surface area contributed by atoms with Gasteiger partial charge in [-0.2, -0.15) is 35.9 Å². The summed E-state index contributed by atoms with van der Waals surface area (Å²) in [4.78, 5) is 0. The van der Waals surface area contributed by atoms with E-state index in [1.54, 1.807) is 5.20 Å².